The molecular formula is C19H19FN4OS. The Morgan fingerprint density at radius 1 is 1.19 bits per heavy atom. The highest BCUT2D eigenvalue weighted by molar-refractivity contribution is 7.13. The monoisotopic (exact) mass is 370 g/mol. The molecule has 0 aliphatic carbocycles. The third-order valence-corrected chi connectivity index (χ3v) is 5.71. The number of thiophene rings is 1. The fourth-order valence-corrected chi connectivity index (χ4v) is 4.08. The lowest BCUT2D eigenvalue weighted by Crippen LogP contribution is -2.37. The van der Waals surface area contributed by atoms with Crippen LogP contribution in [0.4, 0.5) is 4.39 Å². The highest BCUT2D eigenvalue weighted by atomic mass is 32.1. The Kier molecular flexibility index (Phi) is 4.55. The van der Waals surface area contributed by atoms with E-state index in [1.165, 1.54) is 12.1 Å². The zero-order valence-electron chi connectivity index (χ0n) is 14.4. The predicted octanol–water partition coefficient (Wildman–Crippen LogP) is 4.00. The average molecular weight is 370 g/mol. The number of carbonyl (C=O) groups is 1. The van der Waals surface area contributed by atoms with Crippen LogP contribution in [0.5, 0.6) is 0 Å². The molecule has 3 aromatic rings. The Hall–Kier alpha value is -2.54. The second kappa shape index (κ2) is 6.99. The standard InChI is InChI=1S/C19H19FN4OS/c1-12-2-7-16(26-12)19(25)24-10-8-14(9-11-24)18-21-17(22-23-18)13-3-5-15(20)6-4-13/h2-7,14H,8-11H2,1H3,(H,21,22,23). The van der Waals surface area contributed by atoms with E-state index in [0.29, 0.717) is 18.9 Å². The van der Waals surface area contributed by atoms with Gasteiger partial charge in [0.25, 0.3) is 5.91 Å². The van der Waals surface area contributed by atoms with Gasteiger partial charge >= 0.3 is 0 Å². The average Bonchev–Trinajstić information content (AvgIpc) is 3.31. The van der Waals surface area contributed by atoms with Gasteiger partial charge in [-0.15, -0.1) is 11.3 Å². The highest BCUT2D eigenvalue weighted by Crippen LogP contribution is 2.28. The first-order chi connectivity index (χ1) is 12.6. The highest BCUT2D eigenvalue weighted by Gasteiger charge is 2.27. The maximum Gasteiger partial charge on any atom is 0.263 e. The van der Waals surface area contributed by atoms with Gasteiger partial charge in [-0.1, -0.05) is 0 Å². The van der Waals surface area contributed by atoms with Crippen LogP contribution in [0.25, 0.3) is 11.4 Å². The lowest BCUT2D eigenvalue weighted by atomic mass is 9.96. The summed E-state index contributed by atoms with van der Waals surface area (Å²) in [5, 5.41) is 7.27. The molecule has 5 nitrogen and oxygen atoms in total. The summed E-state index contributed by atoms with van der Waals surface area (Å²) in [4.78, 5) is 21.0. The topological polar surface area (TPSA) is 61.9 Å². The number of aromatic nitrogens is 3. The van der Waals surface area contributed by atoms with E-state index in [1.54, 1.807) is 23.5 Å². The van der Waals surface area contributed by atoms with Crippen molar-refractivity contribution in [1.82, 2.24) is 20.1 Å². The van der Waals surface area contributed by atoms with Crippen LogP contribution < -0.4 is 0 Å². The van der Waals surface area contributed by atoms with Crippen LogP contribution >= 0.6 is 11.3 Å². The molecule has 1 N–H and O–H groups in total. The fraction of sp³-hybridized carbons (Fsp3) is 0.316. The minimum atomic E-state index is -0.275. The number of hydrogen-bond donors (Lipinski definition) is 1. The van der Waals surface area contributed by atoms with Crippen LogP contribution in [0.3, 0.4) is 0 Å². The van der Waals surface area contributed by atoms with Crippen molar-refractivity contribution in [3.63, 3.8) is 0 Å². The van der Waals surface area contributed by atoms with Crippen LogP contribution in [0.15, 0.2) is 36.4 Å². The molecule has 7 heteroatoms. The van der Waals surface area contributed by atoms with Gasteiger partial charge in [0.15, 0.2) is 5.82 Å². The summed E-state index contributed by atoms with van der Waals surface area (Å²) in [5.41, 5.74) is 0.787. The number of carbonyl (C=O) groups excluding carboxylic acids is 1. The van der Waals surface area contributed by atoms with E-state index >= 15 is 0 Å². The molecule has 4 rings (SSSR count). The summed E-state index contributed by atoms with van der Waals surface area (Å²) in [6.07, 6.45) is 1.71. The molecule has 2 aromatic heterocycles. The van der Waals surface area contributed by atoms with Gasteiger partial charge in [-0.2, -0.15) is 5.10 Å². The zero-order chi connectivity index (χ0) is 18.1. The van der Waals surface area contributed by atoms with E-state index in [9.17, 15) is 9.18 Å². The number of aromatic amines is 1. The second-order valence-electron chi connectivity index (χ2n) is 6.53. The number of nitrogens with one attached hydrogen (secondary N) is 1. The van der Waals surface area contributed by atoms with Gasteiger partial charge in [-0.25, -0.2) is 9.37 Å². The van der Waals surface area contributed by atoms with Gasteiger partial charge in [-0.05, 0) is 56.2 Å². The predicted molar refractivity (Wildman–Crippen MR) is 98.7 cm³/mol. The molecule has 1 aromatic carbocycles. The molecule has 1 saturated heterocycles. The number of hydrogen-bond acceptors (Lipinski definition) is 4. The summed E-state index contributed by atoms with van der Waals surface area (Å²) < 4.78 is 13.0. The molecular weight excluding hydrogens is 351 g/mol. The quantitative estimate of drug-likeness (QED) is 0.758. The van der Waals surface area contributed by atoms with Gasteiger partial charge in [0.05, 0.1) is 4.88 Å². The number of likely N-dealkylation sites (tertiary alicyclic amines) is 1. The third-order valence-electron chi connectivity index (χ3n) is 4.73. The molecule has 0 saturated carbocycles. The van der Waals surface area contributed by atoms with E-state index < -0.39 is 0 Å². The SMILES string of the molecule is Cc1ccc(C(=O)N2CCC(c3nc(-c4ccc(F)cc4)n[nH]3)CC2)s1. The second-order valence-corrected chi connectivity index (χ2v) is 7.82. The van der Waals surface area contributed by atoms with Crippen LogP contribution in [-0.2, 0) is 0 Å². The minimum absolute atomic E-state index is 0.117. The van der Waals surface area contributed by atoms with E-state index in [4.69, 9.17) is 0 Å². The smallest absolute Gasteiger partial charge is 0.263 e. The number of rotatable bonds is 3. The fourth-order valence-electron chi connectivity index (χ4n) is 3.25. The molecule has 3 heterocycles. The number of piperidine rings is 1. The Labute approximate surface area is 154 Å². The zero-order valence-corrected chi connectivity index (χ0v) is 15.2. The number of halogens is 1. The summed E-state index contributed by atoms with van der Waals surface area (Å²) in [6, 6.07) is 10.0. The minimum Gasteiger partial charge on any atom is -0.338 e. The number of aryl methyl sites for hydroxylation is 1. The van der Waals surface area contributed by atoms with Crippen LogP contribution in [0, 0.1) is 12.7 Å². The molecule has 1 aliphatic heterocycles. The summed E-state index contributed by atoms with van der Waals surface area (Å²) in [5.74, 6) is 1.51. The van der Waals surface area contributed by atoms with Gasteiger partial charge < -0.3 is 4.90 Å². The van der Waals surface area contributed by atoms with Crippen molar-refractivity contribution in [2.24, 2.45) is 0 Å². The van der Waals surface area contributed by atoms with Crippen molar-refractivity contribution in [2.45, 2.75) is 25.7 Å². The lowest BCUT2D eigenvalue weighted by molar-refractivity contribution is 0.0716. The first kappa shape index (κ1) is 16.9. The molecule has 134 valence electrons. The Bertz CT molecular complexity index is 910. The van der Waals surface area contributed by atoms with Gasteiger partial charge in [0.1, 0.15) is 11.6 Å². The maximum atomic E-state index is 13.0. The van der Waals surface area contributed by atoms with Gasteiger partial charge in [-0.3, -0.25) is 9.89 Å². The van der Waals surface area contributed by atoms with Crippen molar-refractivity contribution >= 4 is 17.2 Å². The summed E-state index contributed by atoms with van der Waals surface area (Å²) in [6.45, 7) is 3.44. The summed E-state index contributed by atoms with van der Waals surface area (Å²) in [7, 11) is 0. The maximum absolute atomic E-state index is 13.0. The van der Waals surface area contributed by atoms with E-state index in [0.717, 1.165) is 34.0 Å². The Balaban J connectivity index is 1.40. The molecule has 0 unspecified atom stereocenters. The third kappa shape index (κ3) is 3.39. The van der Waals surface area contributed by atoms with Crippen molar-refractivity contribution < 1.29 is 9.18 Å². The Morgan fingerprint density at radius 3 is 2.58 bits per heavy atom. The Morgan fingerprint density at radius 2 is 1.92 bits per heavy atom. The normalized spacial score (nSPS) is 15.4. The largest absolute Gasteiger partial charge is 0.338 e. The van der Waals surface area contributed by atoms with Crippen molar-refractivity contribution in [2.75, 3.05) is 13.1 Å². The molecule has 0 spiro atoms. The number of benzene rings is 1. The van der Waals surface area contributed by atoms with Gasteiger partial charge in [0.2, 0.25) is 0 Å². The van der Waals surface area contributed by atoms with E-state index in [2.05, 4.69) is 15.2 Å². The first-order valence-corrected chi connectivity index (χ1v) is 9.46. The van der Waals surface area contributed by atoms with Gasteiger partial charge in [0, 0.05) is 29.4 Å². The lowest BCUT2D eigenvalue weighted by Gasteiger charge is -2.30. The molecule has 1 fully saturated rings. The van der Waals surface area contributed by atoms with Crippen LogP contribution in [0.2, 0.25) is 0 Å². The molecule has 0 radical (unpaired) electrons. The van der Waals surface area contributed by atoms with E-state index in [1.807, 2.05) is 24.0 Å². The van der Waals surface area contributed by atoms with Crippen LogP contribution in [-0.4, -0.2) is 39.1 Å². The number of nitrogens with zero attached hydrogens (tertiary/aromatic N) is 3. The molecule has 0 atom stereocenters. The molecule has 1 aliphatic rings. The van der Waals surface area contributed by atoms with Crippen LogP contribution in [0.1, 0.15) is 39.1 Å². The molecule has 26 heavy (non-hydrogen) atoms. The first-order valence-electron chi connectivity index (χ1n) is 8.64. The molecule has 0 bridgehead atoms. The van der Waals surface area contributed by atoms with Crippen molar-refractivity contribution in [3.8, 4) is 11.4 Å². The van der Waals surface area contributed by atoms with Crippen molar-refractivity contribution in [3.05, 3.63) is 57.8 Å². The van der Waals surface area contributed by atoms with E-state index in [-0.39, 0.29) is 17.6 Å². The number of H-pyrrole nitrogens is 1. The summed E-state index contributed by atoms with van der Waals surface area (Å²) >= 11 is 1.54. The molecule has 1 amide bonds. The van der Waals surface area contributed by atoms with Crippen molar-refractivity contribution in [1.29, 1.82) is 0 Å². The number of amides is 1.